The highest BCUT2D eigenvalue weighted by Gasteiger charge is 2.53. The Morgan fingerprint density at radius 2 is 1.62 bits per heavy atom. The van der Waals surface area contributed by atoms with Crippen LogP contribution in [-0.2, 0) is 31.1 Å². The van der Waals surface area contributed by atoms with Crippen molar-refractivity contribution in [3.63, 3.8) is 0 Å². The van der Waals surface area contributed by atoms with Gasteiger partial charge in [-0.3, -0.25) is 4.90 Å². The lowest BCUT2D eigenvalue weighted by atomic mass is 9.74. The van der Waals surface area contributed by atoms with Gasteiger partial charge in [0.2, 0.25) is 0 Å². The van der Waals surface area contributed by atoms with Gasteiger partial charge in [0.05, 0.1) is 21.9 Å². The maximum absolute atomic E-state index is 13.4. The fourth-order valence-electron chi connectivity index (χ4n) is 5.73. The van der Waals surface area contributed by atoms with Crippen LogP contribution in [0.15, 0.2) is 47.4 Å². The number of fused-ring (bicyclic) bond motifs is 2. The van der Waals surface area contributed by atoms with Crippen LogP contribution in [-0.4, -0.2) is 45.1 Å². The number of sulfone groups is 1. The second-order valence-electron chi connectivity index (χ2n) is 11.6. The third kappa shape index (κ3) is 4.59. The van der Waals surface area contributed by atoms with E-state index < -0.39 is 28.2 Å². The van der Waals surface area contributed by atoms with Gasteiger partial charge < -0.3 is 14.6 Å². The Morgan fingerprint density at radius 3 is 2.22 bits per heavy atom. The van der Waals surface area contributed by atoms with Crippen molar-refractivity contribution < 1.29 is 22.5 Å². The Labute approximate surface area is 221 Å². The van der Waals surface area contributed by atoms with Crippen LogP contribution < -0.4 is 15.7 Å². The Kier molecular flexibility index (Phi) is 6.48. The predicted octanol–water partition coefficient (Wildman–Crippen LogP) is 4.32. The number of benzene rings is 2. The SMILES string of the molecule is CCS(=O)(=O)c1ccc(CNC(=O)N2CC3(CCCC3)c3cc(B4OC(C)(C)C(C)(C)O4)ccc32)cc1. The van der Waals surface area contributed by atoms with E-state index in [1.807, 2.05) is 17.0 Å². The van der Waals surface area contributed by atoms with E-state index in [9.17, 15) is 13.2 Å². The van der Waals surface area contributed by atoms with Crippen LogP contribution in [0.1, 0.15) is 71.4 Å². The number of rotatable bonds is 5. The number of nitrogens with one attached hydrogen (secondary N) is 1. The van der Waals surface area contributed by atoms with E-state index in [1.54, 1.807) is 31.2 Å². The summed E-state index contributed by atoms with van der Waals surface area (Å²) in [5, 5.41) is 3.04. The van der Waals surface area contributed by atoms with Gasteiger partial charge in [0.1, 0.15) is 0 Å². The number of urea groups is 1. The lowest BCUT2D eigenvalue weighted by Gasteiger charge is -2.32. The lowest BCUT2D eigenvalue weighted by molar-refractivity contribution is 0.00578. The lowest BCUT2D eigenvalue weighted by Crippen LogP contribution is -2.41. The predicted molar refractivity (Wildman–Crippen MR) is 146 cm³/mol. The first-order valence-corrected chi connectivity index (χ1v) is 14.9. The van der Waals surface area contributed by atoms with Gasteiger partial charge >= 0.3 is 13.1 Å². The molecule has 1 saturated carbocycles. The standard InChI is InChI=1S/C28H37BN2O5S/c1-6-37(33,34)22-12-9-20(10-13-22)18-30-25(32)31-19-28(15-7-8-16-28)23-17-21(11-14-24(23)31)29-35-26(2,3)27(4,5)36-29/h9-14,17H,6-8,15-16,18-19H2,1-5H3,(H,30,32). The van der Waals surface area contributed by atoms with E-state index >= 15 is 0 Å². The van der Waals surface area contributed by atoms with E-state index in [-0.39, 0.29) is 17.2 Å². The van der Waals surface area contributed by atoms with Gasteiger partial charge in [0, 0.05) is 24.2 Å². The smallest absolute Gasteiger partial charge is 0.399 e. The molecule has 0 bridgehead atoms. The fraction of sp³-hybridized carbons (Fsp3) is 0.536. The largest absolute Gasteiger partial charge is 0.494 e. The molecular weight excluding hydrogens is 487 g/mol. The zero-order chi connectivity index (χ0) is 26.6. The minimum absolute atomic E-state index is 0.0392. The van der Waals surface area contributed by atoms with Crippen molar-refractivity contribution in [1.82, 2.24) is 5.32 Å². The van der Waals surface area contributed by atoms with Crippen LogP contribution in [0.2, 0.25) is 0 Å². The first-order valence-electron chi connectivity index (χ1n) is 13.2. The molecule has 3 aliphatic rings. The Balaban J connectivity index is 1.35. The van der Waals surface area contributed by atoms with Gasteiger partial charge in [0.15, 0.2) is 9.84 Å². The van der Waals surface area contributed by atoms with Crippen molar-refractivity contribution in [3.05, 3.63) is 53.6 Å². The molecule has 0 unspecified atom stereocenters. The van der Waals surface area contributed by atoms with Crippen LogP contribution >= 0.6 is 0 Å². The first kappa shape index (κ1) is 26.3. The van der Waals surface area contributed by atoms with Crippen LogP contribution in [0, 0.1) is 0 Å². The first-order chi connectivity index (χ1) is 17.4. The maximum atomic E-state index is 13.4. The Morgan fingerprint density at radius 1 is 1.00 bits per heavy atom. The van der Waals surface area contributed by atoms with Gasteiger partial charge in [-0.1, -0.05) is 44.0 Å². The average Bonchev–Trinajstić information content (AvgIpc) is 3.52. The van der Waals surface area contributed by atoms with E-state index in [4.69, 9.17) is 9.31 Å². The summed E-state index contributed by atoms with van der Waals surface area (Å²) < 4.78 is 36.8. The summed E-state index contributed by atoms with van der Waals surface area (Å²) in [6, 6.07) is 12.8. The average molecular weight is 524 g/mol. The highest BCUT2D eigenvalue weighted by molar-refractivity contribution is 7.91. The number of carbonyl (C=O) groups excluding carboxylic acids is 1. The van der Waals surface area contributed by atoms with Gasteiger partial charge in [-0.2, -0.15) is 0 Å². The molecule has 1 saturated heterocycles. The molecule has 2 amide bonds. The molecule has 7 nitrogen and oxygen atoms in total. The number of carbonyl (C=O) groups is 1. The van der Waals surface area contributed by atoms with Crippen molar-refractivity contribution >= 4 is 34.1 Å². The van der Waals surface area contributed by atoms with Crippen molar-refractivity contribution in [2.24, 2.45) is 0 Å². The molecule has 2 fully saturated rings. The second kappa shape index (κ2) is 9.14. The second-order valence-corrected chi connectivity index (χ2v) is 13.9. The molecule has 0 aromatic heterocycles. The molecule has 1 N–H and O–H groups in total. The highest BCUT2D eigenvalue weighted by Crippen LogP contribution is 2.50. The van der Waals surface area contributed by atoms with E-state index in [2.05, 4.69) is 39.1 Å². The van der Waals surface area contributed by atoms with Gasteiger partial charge in [-0.15, -0.1) is 0 Å². The monoisotopic (exact) mass is 524 g/mol. The van der Waals surface area contributed by atoms with Gasteiger partial charge in [0.25, 0.3) is 0 Å². The molecule has 198 valence electrons. The van der Waals surface area contributed by atoms with Crippen LogP contribution in [0.25, 0.3) is 0 Å². The number of nitrogens with zero attached hydrogens (tertiary/aromatic N) is 1. The van der Waals surface area contributed by atoms with Crippen molar-refractivity contribution in [3.8, 4) is 0 Å². The molecule has 2 aromatic carbocycles. The normalized spacial score (nSPS) is 21.4. The van der Waals surface area contributed by atoms with Crippen molar-refractivity contribution in [2.45, 2.75) is 88.4 Å². The summed E-state index contributed by atoms with van der Waals surface area (Å²) in [7, 11) is -3.68. The molecular formula is C28H37BN2O5S. The zero-order valence-electron chi connectivity index (χ0n) is 22.5. The number of hydrogen-bond acceptors (Lipinski definition) is 5. The third-order valence-electron chi connectivity index (χ3n) is 8.78. The Hall–Kier alpha value is -2.36. The van der Waals surface area contributed by atoms with E-state index in [0.29, 0.717) is 18.0 Å². The van der Waals surface area contributed by atoms with Crippen LogP contribution in [0.3, 0.4) is 0 Å². The quantitative estimate of drug-likeness (QED) is 0.589. The number of amides is 2. The molecule has 0 atom stereocenters. The van der Waals surface area contributed by atoms with Crippen LogP contribution in [0.5, 0.6) is 0 Å². The number of anilines is 1. The molecule has 0 radical (unpaired) electrons. The summed E-state index contributed by atoms with van der Waals surface area (Å²) in [6.07, 6.45) is 4.43. The number of hydrogen-bond donors (Lipinski definition) is 1. The molecule has 2 aliphatic heterocycles. The molecule has 2 heterocycles. The zero-order valence-corrected chi connectivity index (χ0v) is 23.3. The molecule has 2 aromatic rings. The molecule has 37 heavy (non-hydrogen) atoms. The minimum atomic E-state index is -3.24. The summed E-state index contributed by atoms with van der Waals surface area (Å²) in [4.78, 5) is 15.5. The summed E-state index contributed by atoms with van der Waals surface area (Å²) >= 11 is 0. The van der Waals surface area contributed by atoms with E-state index in [0.717, 1.165) is 42.4 Å². The topological polar surface area (TPSA) is 84.9 Å². The van der Waals surface area contributed by atoms with Crippen LogP contribution in [0.4, 0.5) is 10.5 Å². The molecule has 9 heteroatoms. The summed E-state index contributed by atoms with van der Waals surface area (Å²) in [6.45, 7) is 10.8. The van der Waals surface area contributed by atoms with Crippen molar-refractivity contribution in [1.29, 1.82) is 0 Å². The molecule has 1 spiro atoms. The maximum Gasteiger partial charge on any atom is 0.494 e. The minimum Gasteiger partial charge on any atom is -0.399 e. The van der Waals surface area contributed by atoms with Gasteiger partial charge in [-0.05, 0) is 75.3 Å². The molecule has 5 rings (SSSR count). The highest BCUT2D eigenvalue weighted by atomic mass is 32.2. The van der Waals surface area contributed by atoms with Crippen molar-refractivity contribution in [2.75, 3.05) is 17.2 Å². The summed E-state index contributed by atoms with van der Waals surface area (Å²) in [5.74, 6) is 0.0649. The summed E-state index contributed by atoms with van der Waals surface area (Å²) in [5.41, 5.74) is 3.15. The third-order valence-corrected chi connectivity index (χ3v) is 10.5. The van der Waals surface area contributed by atoms with Gasteiger partial charge in [-0.25, -0.2) is 13.2 Å². The molecule has 1 aliphatic carbocycles. The Bertz CT molecular complexity index is 1280. The fourth-order valence-corrected chi connectivity index (χ4v) is 6.61. The van der Waals surface area contributed by atoms with E-state index in [1.165, 1.54) is 5.56 Å².